The first-order chi connectivity index (χ1) is 17.9. The van der Waals surface area contributed by atoms with E-state index in [1.807, 2.05) is 20.2 Å². The Kier molecular flexibility index (Phi) is 8.54. The molecule has 1 unspecified atom stereocenters. The molecule has 4 rings (SSSR count). The molecule has 1 aromatic carbocycles. The number of aromatic nitrogens is 2. The van der Waals surface area contributed by atoms with Crippen LogP contribution in [-0.2, 0) is 16.1 Å². The van der Waals surface area contributed by atoms with Crippen molar-refractivity contribution in [3.05, 3.63) is 29.6 Å². The Morgan fingerprint density at radius 2 is 1.81 bits per heavy atom. The van der Waals surface area contributed by atoms with Gasteiger partial charge in [-0.2, -0.15) is 0 Å². The standard InChI is InChI=1S/C26H35N7O4/c1-32-10-6-5-8-21(34)33(2)11-7-9-27-24-22-19(26(35)31-25(22)30-16-29-24)14-28-18-12-17(15-32)23(37-4)20(13-18)36-3/h12-14,16,19H,5-11,15H2,1-4H3,(H2,27,29,30,31,35). The minimum Gasteiger partial charge on any atom is -0.493 e. The van der Waals surface area contributed by atoms with E-state index in [0.717, 1.165) is 31.4 Å². The second-order valence-electron chi connectivity index (χ2n) is 9.36. The molecule has 2 aromatic rings. The zero-order valence-electron chi connectivity index (χ0n) is 21.9. The molecule has 2 aliphatic rings. The van der Waals surface area contributed by atoms with Gasteiger partial charge in [0.15, 0.2) is 11.5 Å². The van der Waals surface area contributed by atoms with Crippen LogP contribution in [0.3, 0.4) is 0 Å². The average molecular weight is 510 g/mol. The van der Waals surface area contributed by atoms with Crippen molar-refractivity contribution in [1.29, 1.82) is 0 Å². The number of anilines is 2. The number of hydrogen-bond donors (Lipinski definition) is 2. The highest BCUT2D eigenvalue weighted by atomic mass is 16.5. The number of nitrogens with zero attached hydrogens (tertiary/aromatic N) is 5. The van der Waals surface area contributed by atoms with Crippen LogP contribution in [0, 0.1) is 0 Å². The largest absolute Gasteiger partial charge is 0.493 e. The number of methoxy groups -OCH3 is 2. The van der Waals surface area contributed by atoms with E-state index in [0.29, 0.717) is 60.4 Å². The molecule has 198 valence electrons. The van der Waals surface area contributed by atoms with Gasteiger partial charge < -0.3 is 29.9 Å². The van der Waals surface area contributed by atoms with Crippen LogP contribution < -0.4 is 20.1 Å². The van der Waals surface area contributed by atoms with Crippen LogP contribution in [0.15, 0.2) is 23.5 Å². The number of amides is 2. The van der Waals surface area contributed by atoms with E-state index < -0.39 is 5.92 Å². The predicted octanol–water partition coefficient (Wildman–Crippen LogP) is 2.81. The summed E-state index contributed by atoms with van der Waals surface area (Å²) in [7, 11) is 7.08. The fraction of sp³-hybridized carbons (Fsp3) is 0.500. The Labute approximate surface area is 217 Å². The number of carbonyl (C=O) groups is 2. The van der Waals surface area contributed by atoms with Crippen molar-refractivity contribution in [1.82, 2.24) is 19.8 Å². The van der Waals surface area contributed by atoms with Gasteiger partial charge in [0.2, 0.25) is 11.8 Å². The molecule has 2 N–H and O–H groups in total. The zero-order chi connectivity index (χ0) is 26.4. The highest BCUT2D eigenvalue weighted by Gasteiger charge is 2.33. The maximum Gasteiger partial charge on any atom is 0.238 e. The van der Waals surface area contributed by atoms with Gasteiger partial charge in [0.05, 0.1) is 25.5 Å². The van der Waals surface area contributed by atoms with Crippen LogP contribution >= 0.6 is 0 Å². The number of fused-ring (bicyclic) bond motifs is 2. The Balaban J connectivity index is 1.69. The molecular weight excluding hydrogens is 474 g/mol. The molecule has 2 bridgehead atoms. The van der Waals surface area contributed by atoms with Crippen LogP contribution in [0.2, 0.25) is 0 Å². The third-order valence-electron chi connectivity index (χ3n) is 6.64. The lowest BCUT2D eigenvalue weighted by Crippen LogP contribution is -2.29. The van der Waals surface area contributed by atoms with Crippen molar-refractivity contribution in [2.45, 2.75) is 38.1 Å². The smallest absolute Gasteiger partial charge is 0.238 e. The Bertz CT molecular complexity index is 1170. The maximum absolute atomic E-state index is 12.8. The molecule has 11 heteroatoms. The van der Waals surface area contributed by atoms with Gasteiger partial charge in [-0.15, -0.1) is 0 Å². The van der Waals surface area contributed by atoms with E-state index in [-0.39, 0.29) is 11.8 Å². The molecule has 0 spiro atoms. The fourth-order valence-electron chi connectivity index (χ4n) is 4.64. The van der Waals surface area contributed by atoms with Crippen molar-refractivity contribution in [3.63, 3.8) is 0 Å². The lowest BCUT2D eigenvalue weighted by molar-refractivity contribution is -0.130. The second-order valence-corrected chi connectivity index (χ2v) is 9.36. The molecule has 2 amide bonds. The van der Waals surface area contributed by atoms with E-state index >= 15 is 0 Å². The van der Waals surface area contributed by atoms with E-state index in [1.54, 1.807) is 31.4 Å². The van der Waals surface area contributed by atoms with E-state index in [4.69, 9.17) is 9.47 Å². The van der Waals surface area contributed by atoms with Gasteiger partial charge in [0, 0.05) is 50.9 Å². The van der Waals surface area contributed by atoms with Crippen LogP contribution in [0.4, 0.5) is 17.3 Å². The first kappa shape index (κ1) is 26.3. The molecule has 3 heterocycles. The Morgan fingerprint density at radius 3 is 2.59 bits per heavy atom. The van der Waals surface area contributed by atoms with Gasteiger partial charge in [-0.25, -0.2) is 9.97 Å². The van der Waals surface area contributed by atoms with E-state index in [1.165, 1.54) is 6.33 Å². The first-order valence-electron chi connectivity index (χ1n) is 12.5. The molecule has 1 atom stereocenters. The molecule has 37 heavy (non-hydrogen) atoms. The van der Waals surface area contributed by atoms with Crippen molar-refractivity contribution < 1.29 is 19.1 Å². The SMILES string of the molecule is COc1cc2cc(c1OC)CN(C)CCCCC(=O)N(C)CCCNc1ncnc3c1C(C=N2)C(=O)N3. The Morgan fingerprint density at radius 1 is 1.00 bits per heavy atom. The molecule has 0 aliphatic carbocycles. The Hall–Kier alpha value is -3.73. The molecule has 2 aliphatic heterocycles. The highest BCUT2D eigenvalue weighted by molar-refractivity contribution is 6.13. The summed E-state index contributed by atoms with van der Waals surface area (Å²) < 4.78 is 11.2. The summed E-state index contributed by atoms with van der Waals surface area (Å²) in [4.78, 5) is 42.6. The summed E-state index contributed by atoms with van der Waals surface area (Å²) >= 11 is 0. The lowest BCUT2D eigenvalue weighted by atomic mass is 10.0. The molecule has 1 aromatic heterocycles. The normalized spacial score (nSPS) is 19.6. The van der Waals surface area contributed by atoms with Crippen LogP contribution in [0.25, 0.3) is 0 Å². The van der Waals surface area contributed by atoms with E-state index in [2.05, 4.69) is 30.5 Å². The van der Waals surface area contributed by atoms with Crippen molar-refractivity contribution in [2.24, 2.45) is 4.99 Å². The van der Waals surface area contributed by atoms with Crippen LogP contribution in [0.5, 0.6) is 11.5 Å². The maximum atomic E-state index is 12.8. The summed E-state index contributed by atoms with van der Waals surface area (Å²) in [5.74, 6) is 1.56. The minimum absolute atomic E-state index is 0.144. The van der Waals surface area contributed by atoms with Crippen LogP contribution in [-0.4, -0.2) is 85.7 Å². The lowest BCUT2D eigenvalue weighted by Gasteiger charge is -2.21. The summed E-state index contributed by atoms with van der Waals surface area (Å²) in [6.07, 6.45) is 6.05. The summed E-state index contributed by atoms with van der Waals surface area (Å²) in [6, 6.07) is 3.74. The van der Waals surface area contributed by atoms with Crippen molar-refractivity contribution in [2.75, 3.05) is 58.6 Å². The number of aliphatic imine (C=N–C) groups is 1. The molecule has 11 nitrogen and oxygen atoms in total. The molecule has 0 fully saturated rings. The fourth-order valence-corrected chi connectivity index (χ4v) is 4.64. The predicted molar refractivity (Wildman–Crippen MR) is 142 cm³/mol. The third-order valence-corrected chi connectivity index (χ3v) is 6.64. The summed E-state index contributed by atoms with van der Waals surface area (Å²) in [5, 5.41) is 6.13. The zero-order valence-corrected chi connectivity index (χ0v) is 21.9. The number of carbonyl (C=O) groups excluding carboxylic acids is 2. The summed E-state index contributed by atoms with van der Waals surface area (Å²) in [5.41, 5.74) is 2.23. The van der Waals surface area contributed by atoms with Crippen molar-refractivity contribution in [3.8, 4) is 11.5 Å². The topological polar surface area (TPSA) is 121 Å². The number of hydrogen-bond acceptors (Lipinski definition) is 9. The quantitative estimate of drug-likeness (QED) is 0.634. The molecule has 0 saturated carbocycles. The first-order valence-corrected chi connectivity index (χ1v) is 12.5. The van der Waals surface area contributed by atoms with Gasteiger partial charge in [-0.05, 0) is 38.9 Å². The highest BCUT2D eigenvalue weighted by Crippen LogP contribution is 2.38. The number of benzene rings is 1. The number of ether oxygens (including phenoxy) is 2. The van der Waals surface area contributed by atoms with E-state index in [9.17, 15) is 9.59 Å². The summed E-state index contributed by atoms with van der Waals surface area (Å²) in [6.45, 7) is 2.69. The molecule has 0 radical (unpaired) electrons. The number of nitrogens with one attached hydrogen (secondary N) is 2. The monoisotopic (exact) mass is 509 g/mol. The van der Waals surface area contributed by atoms with Gasteiger partial charge in [0.25, 0.3) is 0 Å². The molecular formula is C26H35N7O4. The number of rotatable bonds is 2. The third kappa shape index (κ3) is 6.16. The van der Waals surface area contributed by atoms with Gasteiger partial charge in [-0.1, -0.05) is 0 Å². The average Bonchev–Trinajstić information content (AvgIpc) is 3.22. The van der Waals surface area contributed by atoms with Gasteiger partial charge in [0.1, 0.15) is 23.9 Å². The molecule has 0 saturated heterocycles. The minimum atomic E-state index is -0.646. The second kappa shape index (κ2) is 12.0. The van der Waals surface area contributed by atoms with Crippen molar-refractivity contribution >= 4 is 35.4 Å². The van der Waals surface area contributed by atoms with Gasteiger partial charge in [-0.3, -0.25) is 14.6 Å². The van der Waals surface area contributed by atoms with Gasteiger partial charge >= 0.3 is 0 Å². The van der Waals surface area contributed by atoms with Crippen LogP contribution in [0.1, 0.15) is 42.7 Å².